The molecule has 0 radical (unpaired) electrons. The Morgan fingerprint density at radius 2 is 1.71 bits per heavy atom. The third-order valence-corrected chi connectivity index (χ3v) is 2.46. The van der Waals surface area contributed by atoms with Crippen LogP contribution < -0.4 is 5.32 Å². The lowest BCUT2D eigenvalue weighted by atomic mass is 10.1. The maximum atomic E-state index is 12.7. The lowest BCUT2D eigenvalue weighted by Crippen LogP contribution is -2.42. The second-order valence-corrected chi connectivity index (χ2v) is 4.01. The van der Waals surface area contributed by atoms with Crippen LogP contribution in [-0.2, 0) is 15.8 Å². The summed E-state index contributed by atoms with van der Waals surface area (Å²) < 4.78 is 38.2. The van der Waals surface area contributed by atoms with Gasteiger partial charge >= 0.3 is 18.1 Å². The topological polar surface area (TPSA) is 104 Å². The lowest BCUT2D eigenvalue weighted by Gasteiger charge is -2.15. The van der Waals surface area contributed by atoms with Crippen LogP contribution in [0.25, 0.3) is 0 Å². The van der Waals surface area contributed by atoms with Gasteiger partial charge in [0.25, 0.3) is 5.91 Å². The van der Waals surface area contributed by atoms with E-state index < -0.39 is 47.6 Å². The normalized spacial score (nSPS) is 12.5. The van der Waals surface area contributed by atoms with E-state index in [4.69, 9.17) is 10.2 Å². The summed E-state index contributed by atoms with van der Waals surface area (Å²) in [6, 6.07) is 1.97. The molecule has 0 saturated carbocycles. The average Bonchev–Trinajstić information content (AvgIpc) is 2.36. The summed E-state index contributed by atoms with van der Waals surface area (Å²) in [5, 5.41) is 19.0. The molecule has 114 valence electrons. The SMILES string of the molecule is O=C(O)CC(NC(=O)c1ccccc1C(F)(F)F)C(=O)O. The molecule has 6 nitrogen and oxygen atoms in total. The van der Waals surface area contributed by atoms with E-state index in [1.54, 1.807) is 5.32 Å². The molecule has 3 N–H and O–H groups in total. The van der Waals surface area contributed by atoms with Crippen LogP contribution in [0.1, 0.15) is 22.3 Å². The van der Waals surface area contributed by atoms with Crippen molar-refractivity contribution in [1.82, 2.24) is 5.32 Å². The second kappa shape index (κ2) is 6.25. The Morgan fingerprint density at radius 1 is 1.14 bits per heavy atom. The van der Waals surface area contributed by atoms with E-state index in [1.165, 1.54) is 6.07 Å². The summed E-state index contributed by atoms with van der Waals surface area (Å²) in [4.78, 5) is 33.0. The van der Waals surface area contributed by atoms with Crippen LogP contribution >= 0.6 is 0 Å². The highest BCUT2D eigenvalue weighted by atomic mass is 19.4. The van der Waals surface area contributed by atoms with Gasteiger partial charge in [-0.15, -0.1) is 0 Å². The molecular weight excluding hydrogens is 295 g/mol. The third kappa shape index (κ3) is 4.48. The predicted octanol–water partition coefficient (Wildman–Crippen LogP) is 1.36. The number of carboxylic acid groups (broad SMARTS) is 2. The van der Waals surface area contributed by atoms with Gasteiger partial charge in [0.05, 0.1) is 17.5 Å². The second-order valence-electron chi connectivity index (χ2n) is 4.01. The average molecular weight is 305 g/mol. The quantitative estimate of drug-likeness (QED) is 0.762. The molecule has 0 bridgehead atoms. The zero-order valence-electron chi connectivity index (χ0n) is 10.3. The van der Waals surface area contributed by atoms with Gasteiger partial charge in [0.1, 0.15) is 6.04 Å². The summed E-state index contributed by atoms with van der Waals surface area (Å²) in [7, 11) is 0. The van der Waals surface area contributed by atoms with E-state index in [1.807, 2.05) is 0 Å². The number of carbonyl (C=O) groups excluding carboxylic acids is 1. The van der Waals surface area contributed by atoms with Crippen molar-refractivity contribution in [3.8, 4) is 0 Å². The Balaban J connectivity index is 3.04. The van der Waals surface area contributed by atoms with Gasteiger partial charge in [-0.05, 0) is 12.1 Å². The van der Waals surface area contributed by atoms with Gasteiger partial charge in [-0.25, -0.2) is 4.79 Å². The van der Waals surface area contributed by atoms with Crippen LogP contribution in [0.5, 0.6) is 0 Å². The highest BCUT2D eigenvalue weighted by Crippen LogP contribution is 2.31. The van der Waals surface area contributed by atoms with Gasteiger partial charge in [-0.1, -0.05) is 12.1 Å². The van der Waals surface area contributed by atoms with Gasteiger partial charge in [-0.3, -0.25) is 9.59 Å². The Bertz CT molecular complexity index is 570. The van der Waals surface area contributed by atoms with Crippen molar-refractivity contribution in [1.29, 1.82) is 0 Å². The maximum absolute atomic E-state index is 12.7. The molecule has 0 fully saturated rings. The van der Waals surface area contributed by atoms with Crippen LogP contribution in [0, 0.1) is 0 Å². The van der Waals surface area contributed by atoms with Crippen LogP contribution in [0.3, 0.4) is 0 Å². The first-order valence-corrected chi connectivity index (χ1v) is 5.54. The van der Waals surface area contributed by atoms with Gasteiger partial charge < -0.3 is 15.5 Å². The van der Waals surface area contributed by atoms with E-state index in [0.717, 1.165) is 12.1 Å². The van der Waals surface area contributed by atoms with Gasteiger partial charge in [0, 0.05) is 0 Å². The molecule has 0 spiro atoms. The summed E-state index contributed by atoms with van der Waals surface area (Å²) in [5.41, 5.74) is -2.01. The Hall–Kier alpha value is -2.58. The van der Waals surface area contributed by atoms with Crippen molar-refractivity contribution in [3.63, 3.8) is 0 Å². The van der Waals surface area contributed by atoms with Crippen LogP contribution in [0.15, 0.2) is 24.3 Å². The van der Waals surface area contributed by atoms with Gasteiger partial charge in [0.2, 0.25) is 0 Å². The molecule has 0 aliphatic rings. The molecule has 21 heavy (non-hydrogen) atoms. The van der Waals surface area contributed by atoms with Crippen molar-refractivity contribution < 1.29 is 37.8 Å². The largest absolute Gasteiger partial charge is 0.481 e. The zero-order valence-corrected chi connectivity index (χ0v) is 10.3. The molecule has 9 heteroatoms. The number of halogens is 3. The third-order valence-electron chi connectivity index (χ3n) is 2.46. The summed E-state index contributed by atoms with van der Waals surface area (Å²) in [5.74, 6) is -4.47. The fraction of sp³-hybridized carbons (Fsp3) is 0.250. The van der Waals surface area contributed by atoms with Crippen LogP contribution in [0.4, 0.5) is 13.2 Å². The van der Waals surface area contributed by atoms with Gasteiger partial charge in [-0.2, -0.15) is 13.2 Å². The molecule has 1 aromatic carbocycles. The molecule has 1 atom stereocenters. The van der Waals surface area contributed by atoms with Crippen molar-refractivity contribution >= 4 is 17.8 Å². The first-order valence-electron chi connectivity index (χ1n) is 5.54. The van der Waals surface area contributed by atoms with E-state index in [2.05, 4.69) is 0 Å². The Kier molecular flexibility index (Phi) is 4.90. The molecule has 1 rings (SSSR count). The molecule has 0 heterocycles. The number of alkyl halides is 3. The number of amides is 1. The van der Waals surface area contributed by atoms with E-state index in [-0.39, 0.29) is 0 Å². The minimum absolute atomic E-state index is 0.669. The van der Waals surface area contributed by atoms with Crippen molar-refractivity contribution in [2.75, 3.05) is 0 Å². The summed E-state index contributed by atoms with van der Waals surface area (Å²) >= 11 is 0. The van der Waals surface area contributed by atoms with Gasteiger partial charge in [0.15, 0.2) is 0 Å². The molecule has 0 saturated heterocycles. The zero-order chi connectivity index (χ0) is 16.2. The number of aliphatic carboxylic acids is 2. The number of benzene rings is 1. The minimum Gasteiger partial charge on any atom is -0.481 e. The fourth-order valence-electron chi connectivity index (χ4n) is 1.54. The molecule has 0 aromatic heterocycles. The number of rotatable bonds is 5. The Morgan fingerprint density at radius 3 is 2.19 bits per heavy atom. The van der Waals surface area contributed by atoms with Crippen LogP contribution in [-0.4, -0.2) is 34.1 Å². The first kappa shape index (κ1) is 16.5. The highest BCUT2D eigenvalue weighted by Gasteiger charge is 2.35. The molecule has 0 aliphatic heterocycles. The highest BCUT2D eigenvalue weighted by molar-refractivity contribution is 5.98. The first-order chi connectivity index (χ1) is 9.62. The number of carboxylic acids is 2. The number of carbonyl (C=O) groups is 3. The number of hydrogen-bond donors (Lipinski definition) is 3. The minimum atomic E-state index is -4.79. The van der Waals surface area contributed by atoms with Crippen molar-refractivity contribution in [2.24, 2.45) is 0 Å². The van der Waals surface area contributed by atoms with E-state index in [0.29, 0.717) is 6.07 Å². The predicted molar refractivity (Wildman–Crippen MR) is 62.6 cm³/mol. The Labute approximate surface area is 116 Å². The number of hydrogen-bond acceptors (Lipinski definition) is 3. The van der Waals surface area contributed by atoms with Crippen molar-refractivity contribution in [2.45, 2.75) is 18.6 Å². The molecular formula is C12H10F3NO5. The maximum Gasteiger partial charge on any atom is 0.417 e. The molecule has 1 amide bonds. The molecule has 1 aromatic rings. The molecule has 1 unspecified atom stereocenters. The van der Waals surface area contributed by atoms with E-state index >= 15 is 0 Å². The van der Waals surface area contributed by atoms with E-state index in [9.17, 15) is 27.6 Å². The smallest absolute Gasteiger partial charge is 0.417 e. The van der Waals surface area contributed by atoms with Crippen LogP contribution in [0.2, 0.25) is 0 Å². The lowest BCUT2D eigenvalue weighted by molar-refractivity contribution is -0.145. The summed E-state index contributed by atoms with van der Waals surface area (Å²) in [6.07, 6.45) is -5.74. The molecule has 0 aliphatic carbocycles. The van der Waals surface area contributed by atoms with Crippen molar-refractivity contribution in [3.05, 3.63) is 35.4 Å². The number of nitrogens with one attached hydrogen (secondary N) is 1. The summed E-state index contributed by atoms with van der Waals surface area (Å²) in [6.45, 7) is 0. The monoisotopic (exact) mass is 305 g/mol. The fourth-order valence-corrected chi connectivity index (χ4v) is 1.54. The standard InChI is InChI=1S/C12H10F3NO5/c13-12(14,15)7-4-2-1-3-6(7)10(19)16-8(11(20)21)5-9(17)18/h1-4,8H,5H2,(H,16,19)(H,17,18)(H,20,21).